The lowest BCUT2D eigenvalue weighted by molar-refractivity contribution is 0.301. The molecule has 0 aliphatic heterocycles. The van der Waals surface area contributed by atoms with Gasteiger partial charge < -0.3 is 10.0 Å². The predicted octanol–water partition coefficient (Wildman–Crippen LogP) is 2.84. The molecule has 1 heterocycles. The van der Waals surface area contributed by atoms with Crippen LogP contribution < -0.4 is 4.90 Å². The first-order valence-corrected chi connectivity index (χ1v) is 6.61. The molecule has 0 bridgehead atoms. The fraction of sp³-hybridized carbons (Fsp3) is 0.214. The summed E-state index contributed by atoms with van der Waals surface area (Å²) >= 11 is 3.54. The Morgan fingerprint density at radius 1 is 1.11 bits per heavy atom. The van der Waals surface area contributed by atoms with Crippen molar-refractivity contribution in [1.82, 2.24) is 4.98 Å². The zero-order valence-electron chi connectivity index (χ0n) is 9.96. The number of anilines is 1. The molecule has 0 atom stereocenters. The second kappa shape index (κ2) is 6.52. The zero-order valence-corrected chi connectivity index (χ0v) is 11.5. The normalized spacial score (nSPS) is 10.3. The van der Waals surface area contributed by atoms with Crippen molar-refractivity contribution < 1.29 is 5.11 Å². The molecule has 1 aromatic carbocycles. The minimum atomic E-state index is 0.112. The van der Waals surface area contributed by atoms with Crippen LogP contribution in [-0.2, 0) is 6.54 Å². The Balaban J connectivity index is 2.19. The van der Waals surface area contributed by atoms with Crippen LogP contribution in [0.4, 0.5) is 5.82 Å². The zero-order chi connectivity index (χ0) is 12.8. The highest BCUT2D eigenvalue weighted by Gasteiger charge is 2.09. The first kappa shape index (κ1) is 13.1. The lowest BCUT2D eigenvalue weighted by Gasteiger charge is -2.23. The molecule has 0 saturated heterocycles. The topological polar surface area (TPSA) is 36.4 Å². The van der Waals surface area contributed by atoms with Crippen LogP contribution in [0.3, 0.4) is 0 Å². The number of nitrogens with zero attached hydrogens (tertiary/aromatic N) is 2. The molecule has 94 valence electrons. The summed E-state index contributed by atoms with van der Waals surface area (Å²) < 4.78 is 1.07. The van der Waals surface area contributed by atoms with Crippen molar-refractivity contribution in [2.24, 2.45) is 0 Å². The molecular weight excluding hydrogens is 292 g/mol. The fourth-order valence-electron chi connectivity index (χ4n) is 1.77. The second-order valence-electron chi connectivity index (χ2n) is 3.92. The minimum absolute atomic E-state index is 0.112. The summed E-state index contributed by atoms with van der Waals surface area (Å²) in [6.07, 6.45) is 1.76. The third-order valence-corrected chi connectivity index (χ3v) is 3.44. The lowest BCUT2D eigenvalue weighted by Crippen LogP contribution is -2.27. The van der Waals surface area contributed by atoms with Crippen LogP contribution in [0.15, 0.2) is 53.1 Å². The van der Waals surface area contributed by atoms with Gasteiger partial charge in [0.15, 0.2) is 0 Å². The molecule has 1 N–H and O–H groups in total. The first-order valence-electron chi connectivity index (χ1n) is 5.81. The first-order chi connectivity index (χ1) is 8.81. The van der Waals surface area contributed by atoms with Crippen LogP contribution in [0.2, 0.25) is 0 Å². The Labute approximate surface area is 115 Å². The van der Waals surface area contributed by atoms with E-state index in [4.69, 9.17) is 5.11 Å². The van der Waals surface area contributed by atoms with E-state index in [2.05, 4.69) is 31.9 Å². The molecule has 2 aromatic rings. The van der Waals surface area contributed by atoms with E-state index in [0.717, 1.165) is 16.8 Å². The van der Waals surface area contributed by atoms with Crippen LogP contribution >= 0.6 is 15.9 Å². The van der Waals surface area contributed by atoms with E-state index in [1.54, 1.807) is 6.20 Å². The summed E-state index contributed by atoms with van der Waals surface area (Å²) in [6.45, 7) is 1.40. The van der Waals surface area contributed by atoms with Gasteiger partial charge in [0.1, 0.15) is 5.82 Å². The lowest BCUT2D eigenvalue weighted by atomic mass is 10.2. The molecule has 0 unspecified atom stereocenters. The van der Waals surface area contributed by atoms with E-state index >= 15 is 0 Å². The summed E-state index contributed by atoms with van der Waals surface area (Å²) in [5.41, 5.74) is 1.18. The van der Waals surface area contributed by atoms with Gasteiger partial charge in [-0.2, -0.15) is 0 Å². The number of benzene rings is 1. The minimum Gasteiger partial charge on any atom is -0.395 e. The van der Waals surface area contributed by atoms with Crippen molar-refractivity contribution in [3.63, 3.8) is 0 Å². The maximum Gasteiger partial charge on any atom is 0.128 e. The molecule has 0 radical (unpaired) electrons. The number of hydrogen-bond donors (Lipinski definition) is 1. The quantitative estimate of drug-likeness (QED) is 0.923. The van der Waals surface area contributed by atoms with Crippen molar-refractivity contribution in [2.45, 2.75) is 6.54 Å². The number of aliphatic hydroxyl groups excluding tert-OH is 1. The molecule has 0 aliphatic rings. The number of aromatic nitrogens is 1. The third-order valence-electron chi connectivity index (χ3n) is 2.66. The van der Waals surface area contributed by atoms with Gasteiger partial charge in [-0.05, 0) is 23.8 Å². The number of hydrogen-bond acceptors (Lipinski definition) is 3. The highest BCUT2D eigenvalue weighted by molar-refractivity contribution is 9.10. The van der Waals surface area contributed by atoms with Crippen LogP contribution in [0.1, 0.15) is 5.56 Å². The maximum absolute atomic E-state index is 9.16. The van der Waals surface area contributed by atoms with Crippen LogP contribution in [0.25, 0.3) is 0 Å². The monoisotopic (exact) mass is 306 g/mol. The van der Waals surface area contributed by atoms with Gasteiger partial charge in [-0.25, -0.2) is 4.98 Å². The molecule has 1 aromatic heterocycles. The Kier molecular flexibility index (Phi) is 4.73. The van der Waals surface area contributed by atoms with Crippen molar-refractivity contribution in [3.8, 4) is 0 Å². The molecule has 2 rings (SSSR count). The molecule has 0 fully saturated rings. The van der Waals surface area contributed by atoms with Gasteiger partial charge in [-0.1, -0.05) is 40.2 Å². The number of aliphatic hydroxyl groups is 1. The van der Waals surface area contributed by atoms with Crippen molar-refractivity contribution >= 4 is 21.7 Å². The van der Waals surface area contributed by atoms with Gasteiger partial charge in [-0.3, -0.25) is 0 Å². The summed E-state index contributed by atoms with van der Waals surface area (Å²) in [5.74, 6) is 0.877. The Morgan fingerprint density at radius 3 is 2.56 bits per heavy atom. The van der Waals surface area contributed by atoms with Crippen molar-refractivity contribution in [2.75, 3.05) is 18.1 Å². The van der Waals surface area contributed by atoms with Gasteiger partial charge in [0, 0.05) is 23.8 Å². The number of rotatable bonds is 5. The molecular formula is C14H15BrN2O. The average molecular weight is 307 g/mol. The Hall–Kier alpha value is -1.39. The highest BCUT2D eigenvalue weighted by atomic mass is 79.9. The molecule has 4 heteroatoms. The van der Waals surface area contributed by atoms with Gasteiger partial charge >= 0.3 is 0 Å². The molecule has 0 saturated carbocycles. The predicted molar refractivity (Wildman–Crippen MR) is 76.5 cm³/mol. The largest absolute Gasteiger partial charge is 0.395 e. The molecule has 18 heavy (non-hydrogen) atoms. The standard InChI is InChI=1S/C14H15BrN2O/c15-13-6-2-1-5-12(13)11-17(9-10-18)14-7-3-4-8-16-14/h1-8,18H,9-11H2. The summed E-state index contributed by atoms with van der Waals surface area (Å²) in [7, 11) is 0. The van der Waals surface area contributed by atoms with Crippen molar-refractivity contribution in [3.05, 3.63) is 58.7 Å². The van der Waals surface area contributed by atoms with E-state index in [0.29, 0.717) is 6.54 Å². The number of pyridine rings is 1. The smallest absolute Gasteiger partial charge is 0.128 e. The van der Waals surface area contributed by atoms with E-state index in [1.807, 2.05) is 36.4 Å². The van der Waals surface area contributed by atoms with Crippen LogP contribution in [-0.4, -0.2) is 23.2 Å². The average Bonchev–Trinajstić information content (AvgIpc) is 2.42. The van der Waals surface area contributed by atoms with Gasteiger partial charge in [-0.15, -0.1) is 0 Å². The number of halogens is 1. The van der Waals surface area contributed by atoms with Crippen LogP contribution in [0.5, 0.6) is 0 Å². The summed E-state index contributed by atoms with van der Waals surface area (Å²) in [5, 5.41) is 9.16. The SMILES string of the molecule is OCCN(Cc1ccccc1Br)c1ccccn1. The highest BCUT2D eigenvalue weighted by Crippen LogP contribution is 2.20. The summed E-state index contributed by atoms with van der Waals surface area (Å²) in [4.78, 5) is 6.38. The molecule has 0 spiro atoms. The van der Waals surface area contributed by atoms with Gasteiger partial charge in [0.05, 0.1) is 6.61 Å². The fourth-order valence-corrected chi connectivity index (χ4v) is 2.18. The van der Waals surface area contributed by atoms with Gasteiger partial charge in [0.2, 0.25) is 0 Å². The molecule has 3 nitrogen and oxygen atoms in total. The molecule has 0 aliphatic carbocycles. The van der Waals surface area contributed by atoms with E-state index in [9.17, 15) is 0 Å². The second-order valence-corrected chi connectivity index (χ2v) is 4.78. The van der Waals surface area contributed by atoms with E-state index < -0.39 is 0 Å². The molecule has 0 amide bonds. The maximum atomic E-state index is 9.16. The Morgan fingerprint density at radius 2 is 1.89 bits per heavy atom. The summed E-state index contributed by atoms with van der Waals surface area (Å²) in [6, 6.07) is 13.9. The third kappa shape index (κ3) is 3.31. The Bertz CT molecular complexity index is 490. The van der Waals surface area contributed by atoms with Crippen molar-refractivity contribution in [1.29, 1.82) is 0 Å². The van der Waals surface area contributed by atoms with E-state index in [1.165, 1.54) is 5.56 Å². The van der Waals surface area contributed by atoms with E-state index in [-0.39, 0.29) is 6.61 Å². The van der Waals surface area contributed by atoms with Crippen LogP contribution in [0, 0.1) is 0 Å². The van der Waals surface area contributed by atoms with Gasteiger partial charge in [0.25, 0.3) is 0 Å².